The normalized spacial score (nSPS) is 21.9. The average Bonchev–Trinajstić information content (AvgIpc) is 3.05. The fourth-order valence-corrected chi connectivity index (χ4v) is 11.2. The van der Waals surface area contributed by atoms with Gasteiger partial charge in [-0.15, -0.1) is 0 Å². The Balaban J connectivity index is 1.74. The van der Waals surface area contributed by atoms with E-state index in [4.69, 9.17) is 0 Å². The van der Waals surface area contributed by atoms with E-state index in [0.717, 1.165) is 11.3 Å². The number of fused-ring (bicyclic) bond motifs is 1. The Labute approximate surface area is 197 Å². The quantitative estimate of drug-likeness (QED) is 0.412. The minimum absolute atomic E-state index is 0.0809. The average molecular weight is 445 g/mol. The van der Waals surface area contributed by atoms with Crippen LogP contribution in [0.25, 0.3) is 10.9 Å². The maximum Gasteiger partial charge on any atom is 0.0165 e. The van der Waals surface area contributed by atoms with Gasteiger partial charge in [0.15, 0.2) is 0 Å². The van der Waals surface area contributed by atoms with Gasteiger partial charge in [-0.25, -0.2) is 0 Å². The first-order valence-corrected chi connectivity index (χ1v) is 14.7. The molecule has 0 spiro atoms. The molecule has 0 unspecified atom stereocenters. The zero-order valence-corrected chi connectivity index (χ0v) is 21.6. The van der Waals surface area contributed by atoms with Crippen molar-refractivity contribution in [2.45, 2.75) is 109 Å². The van der Waals surface area contributed by atoms with Crippen LogP contribution in [0.3, 0.4) is 0 Å². The highest BCUT2D eigenvalue weighted by Gasteiger charge is 2.44. The molecule has 2 aromatic carbocycles. The van der Waals surface area contributed by atoms with Crippen molar-refractivity contribution in [3.63, 3.8) is 0 Å². The molecule has 3 aliphatic carbocycles. The second kappa shape index (κ2) is 9.10. The molecule has 0 bridgehead atoms. The van der Waals surface area contributed by atoms with Crippen LogP contribution in [0.15, 0.2) is 42.5 Å². The van der Waals surface area contributed by atoms with E-state index in [0.29, 0.717) is 0 Å². The van der Waals surface area contributed by atoms with Crippen LogP contribution >= 0.6 is 7.92 Å². The summed E-state index contributed by atoms with van der Waals surface area (Å²) in [4.78, 5) is 0. The van der Waals surface area contributed by atoms with Crippen LogP contribution in [-0.4, -0.2) is 11.3 Å². The molecule has 2 aromatic rings. The minimum Gasteiger partial charge on any atom is -0.0679 e. The summed E-state index contributed by atoms with van der Waals surface area (Å²) in [5.41, 5.74) is 11.1. The lowest BCUT2D eigenvalue weighted by atomic mass is 9.78. The van der Waals surface area contributed by atoms with Gasteiger partial charge >= 0.3 is 0 Å². The predicted octanol–water partition coefficient (Wildman–Crippen LogP) is 9.61. The van der Waals surface area contributed by atoms with E-state index in [1.165, 1.54) is 80.9 Å². The Hall–Kier alpha value is -1.39. The van der Waals surface area contributed by atoms with Gasteiger partial charge in [-0.2, -0.15) is 0 Å². The fraction of sp³-hybridized carbons (Fsp3) is 0.548. The first-order chi connectivity index (χ1) is 15.5. The lowest BCUT2D eigenvalue weighted by Gasteiger charge is -2.40. The Morgan fingerprint density at radius 1 is 0.719 bits per heavy atom. The summed E-state index contributed by atoms with van der Waals surface area (Å²) >= 11 is 0. The van der Waals surface area contributed by atoms with Gasteiger partial charge in [-0.3, -0.25) is 0 Å². The molecule has 0 amide bonds. The number of aryl methyl sites for hydroxylation is 2. The van der Waals surface area contributed by atoms with Gasteiger partial charge in [-0.1, -0.05) is 103 Å². The van der Waals surface area contributed by atoms with E-state index >= 15 is 0 Å². The number of benzene rings is 2. The molecule has 0 aliphatic heterocycles. The summed E-state index contributed by atoms with van der Waals surface area (Å²) in [6.07, 6.45) is 14.6. The second-order valence-corrected chi connectivity index (χ2v) is 13.9. The molecule has 0 nitrogen and oxygen atoms in total. The summed E-state index contributed by atoms with van der Waals surface area (Å²) in [5.74, 6) is 0. The van der Waals surface area contributed by atoms with Crippen LogP contribution in [0.5, 0.6) is 0 Å². The van der Waals surface area contributed by atoms with Gasteiger partial charge in [0.1, 0.15) is 0 Å². The van der Waals surface area contributed by atoms with Crippen LogP contribution in [0.2, 0.25) is 0 Å². The maximum absolute atomic E-state index is 2.50. The summed E-state index contributed by atoms with van der Waals surface area (Å²) in [6, 6.07) is 16.8. The highest BCUT2D eigenvalue weighted by atomic mass is 31.1. The smallest absolute Gasteiger partial charge is 0.0165 e. The molecule has 0 aromatic heterocycles. The molecule has 2 fully saturated rings. The van der Waals surface area contributed by atoms with Gasteiger partial charge < -0.3 is 0 Å². The van der Waals surface area contributed by atoms with Crippen molar-refractivity contribution in [1.82, 2.24) is 0 Å². The molecule has 0 radical (unpaired) electrons. The standard InChI is InChI=1S/C31H41P/c1-22-19-20-24(21-23(22)2)29-30(27-17-11-12-18-28(27)31(29,3)4)32(25-13-7-5-8-14-25)26-15-9-6-10-16-26/h11-12,17-21,25-26H,5-10,13-16H2,1-4H3. The van der Waals surface area contributed by atoms with Crippen LogP contribution in [0, 0.1) is 13.8 Å². The molecule has 0 atom stereocenters. The van der Waals surface area contributed by atoms with Crippen molar-refractivity contribution in [3.05, 3.63) is 70.3 Å². The van der Waals surface area contributed by atoms with Crippen molar-refractivity contribution < 1.29 is 0 Å². The van der Waals surface area contributed by atoms with Crippen LogP contribution in [0.4, 0.5) is 0 Å². The van der Waals surface area contributed by atoms with Gasteiger partial charge in [0.05, 0.1) is 0 Å². The van der Waals surface area contributed by atoms with Gasteiger partial charge in [0.2, 0.25) is 0 Å². The number of hydrogen-bond donors (Lipinski definition) is 0. The van der Waals surface area contributed by atoms with Crippen molar-refractivity contribution in [2.24, 2.45) is 0 Å². The number of hydrogen-bond acceptors (Lipinski definition) is 0. The third-order valence-electron chi connectivity index (χ3n) is 8.71. The van der Waals surface area contributed by atoms with Gasteiger partial charge in [-0.05, 0) is 89.6 Å². The highest BCUT2D eigenvalue weighted by molar-refractivity contribution is 7.70. The van der Waals surface area contributed by atoms with E-state index in [1.807, 2.05) is 5.31 Å². The summed E-state index contributed by atoms with van der Waals surface area (Å²) in [5, 5.41) is 1.81. The molecule has 2 saturated carbocycles. The maximum atomic E-state index is 2.50. The highest BCUT2D eigenvalue weighted by Crippen LogP contribution is 2.70. The zero-order valence-electron chi connectivity index (χ0n) is 20.7. The predicted molar refractivity (Wildman–Crippen MR) is 143 cm³/mol. The van der Waals surface area contributed by atoms with Crippen molar-refractivity contribution in [2.75, 3.05) is 0 Å². The molecular formula is C31H41P. The molecule has 5 rings (SSSR count). The first kappa shape index (κ1) is 22.4. The van der Waals surface area contributed by atoms with Gasteiger partial charge in [0.25, 0.3) is 0 Å². The SMILES string of the molecule is Cc1ccc(C2=C(P(C3CCCCC3)C3CCCCC3)c3ccccc3C2(C)C)cc1C. The number of allylic oxidation sites excluding steroid dienone is 1. The monoisotopic (exact) mass is 444 g/mol. The van der Waals surface area contributed by atoms with Crippen molar-refractivity contribution in [1.29, 1.82) is 0 Å². The molecule has 3 aliphatic rings. The van der Waals surface area contributed by atoms with Crippen molar-refractivity contribution >= 4 is 18.8 Å². The molecule has 0 N–H and O–H groups in total. The molecule has 0 heterocycles. The van der Waals surface area contributed by atoms with Crippen molar-refractivity contribution in [3.8, 4) is 0 Å². The second-order valence-electron chi connectivity index (χ2n) is 11.2. The zero-order chi connectivity index (χ0) is 22.3. The molecule has 170 valence electrons. The summed E-state index contributed by atoms with van der Waals surface area (Å²) in [6.45, 7) is 9.54. The topological polar surface area (TPSA) is 0 Å². The Kier molecular flexibility index (Phi) is 6.37. The number of rotatable bonds is 4. The van der Waals surface area contributed by atoms with Crippen LogP contribution in [0.1, 0.15) is 106 Å². The third kappa shape index (κ3) is 3.92. The largest absolute Gasteiger partial charge is 0.0679 e. The van der Waals surface area contributed by atoms with Crippen LogP contribution in [-0.2, 0) is 5.41 Å². The lowest BCUT2D eigenvalue weighted by molar-refractivity contribution is 0.487. The van der Waals surface area contributed by atoms with E-state index in [1.54, 1.807) is 16.7 Å². The Morgan fingerprint density at radius 3 is 1.91 bits per heavy atom. The third-order valence-corrected chi connectivity index (χ3v) is 12.3. The molecular weight excluding hydrogens is 403 g/mol. The van der Waals surface area contributed by atoms with E-state index in [2.05, 4.69) is 70.2 Å². The fourth-order valence-electron chi connectivity index (χ4n) is 6.84. The van der Waals surface area contributed by atoms with Crippen LogP contribution < -0.4 is 0 Å². The lowest BCUT2D eigenvalue weighted by Crippen LogP contribution is -2.21. The first-order valence-electron chi connectivity index (χ1n) is 13.2. The Morgan fingerprint density at radius 2 is 1.31 bits per heavy atom. The summed E-state index contributed by atoms with van der Waals surface area (Å²) < 4.78 is 0. The minimum atomic E-state index is -0.144. The summed E-state index contributed by atoms with van der Waals surface area (Å²) in [7, 11) is -0.144. The van der Waals surface area contributed by atoms with Gasteiger partial charge in [0, 0.05) is 5.41 Å². The molecule has 32 heavy (non-hydrogen) atoms. The van der Waals surface area contributed by atoms with E-state index in [9.17, 15) is 0 Å². The Bertz CT molecular complexity index is 981. The van der Waals surface area contributed by atoms with E-state index < -0.39 is 0 Å². The molecule has 0 saturated heterocycles. The van der Waals surface area contributed by atoms with E-state index in [-0.39, 0.29) is 13.3 Å². The molecule has 1 heteroatoms.